The Balaban J connectivity index is 1.69. The third-order valence-corrected chi connectivity index (χ3v) is 4.15. The minimum atomic E-state index is 0.157. The first-order valence-electron chi connectivity index (χ1n) is 6.52. The molecule has 1 aliphatic rings. The van der Waals surface area contributed by atoms with Crippen molar-refractivity contribution >= 4 is 28.3 Å². The third kappa shape index (κ3) is 3.09. The van der Waals surface area contributed by atoms with Crippen LogP contribution in [-0.4, -0.2) is 13.2 Å². The number of nitrogens with one attached hydrogen (secondary N) is 1. The lowest BCUT2D eigenvalue weighted by Crippen LogP contribution is -2.22. The van der Waals surface area contributed by atoms with Gasteiger partial charge in [-0.2, -0.15) is 0 Å². The fourth-order valence-corrected chi connectivity index (χ4v) is 2.78. The molecule has 0 aliphatic carbocycles. The molecular formula is C16H16INO. The van der Waals surface area contributed by atoms with E-state index in [0.717, 1.165) is 25.3 Å². The fraction of sp³-hybridized carbons (Fsp3) is 0.250. The number of hydrogen-bond acceptors (Lipinski definition) is 2. The van der Waals surface area contributed by atoms with Crippen molar-refractivity contribution in [3.8, 4) is 0 Å². The summed E-state index contributed by atoms with van der Waals surface area (Å²) in [7, 11) is 0. The summed E-state index contributed by atoms with van der Waals surface area (Å²) < 4.78 is 7.14. The van der Waals surface area contributed by atoms with Gasteiger partial charge in [0, 0.05) is 15.8 Å². The van der Waals surface area contributed by atoms with E-state index in [4.69, 9.17) is 4.74 Å². The zero-order valence-electron chi connectivity index (χ0n) is 10.6. The van der Waals surface area contributed by atoms with Crippen molar-refractivity contribution in [1.82, 2.24) is 0 Å². The van der Waals surface area contributed by atoms with E-state index in [0.29, 0.717) is 0 Å². The normalized spacial score (nSPS) is 17.8. The number of benzene rings is 2. The Morgan fingerprint density at radius 2 is 1.89 bits per heavy atom. The number of halogens is 1. The SMILES string of the molecule is Ic1ccc(NCC2OCCc3ccccc32)cc1. The smallest absolute Gasteiger partial charge is 0.0999 e. The average Bonchev–Trinajstić information content (AvgIpc) is 2.47. The molecule has 0 saturated heterocycles. The van der Waals surface area contributed by atoms with Crippen LogP contribution in [0.1, 0.15) is 17.2 Å². The molecule has 2 aromatic rings. The molecule has 0 spiro atoms. The van der Waals surface area contributed by atoms with Gasteiger partial charge in [0.2, 0.25) is 0 Å². The highest BCUT2D eigenvalue weighted by molar-refractivity contribution is 14.1. The van der Waals surface area contributed by atoms with E-state index in [2.05, 4.69) is 76.4 Å². The molecule has 1 unspecified atom stereocenters. The van der Waals surface area contributed by atoms with Crippen LogP contribution >= 0.6 is 22.6 Å². The first-order valence-corrected chi connectivity index (χ1v) is 7.59. The topological polar surface area (TPSA) is 21.3 Å². The van der Waals surface area contributed by atoms with Crippen molar-refractivity contribution in [2.45, 2.75) is 12.5 Å². The lowest BCUT2D eigenvalue weighted by atomic mass is 9.97. The monoisotopic (exact) mass is 365 g/mol. The average molecular weight is 365 g/mol. The van der Waals surface area contributed by atoms with E-state index in [9.17, 15) is 0 Å². The highest BCUT2D eigenvalue weighted by atomic mass is 127. The second-order valence-corrected chi connectivity index (χ2v) is 5.94. The van der Waals surface area contributed by atoms with Gasteiger partial charge < -0.3 is 10.1 Å². The molecule has 0 radical (unpaired) electrons. The number of anilines is 1. The standard InChI is InChI=1S/C16H16INO/c17-13-5-7-14(8-6-13)18-11-16-15-4-2-1-3-12(15)9-10-19-16/h1-8,16,18H,9-11H2. The van der Waals surface area contributed by atoms with Gasteiger partial charge in [-0.3, -0.25) is 0 Å². The molecule has 98 valence electrons. The number of hydrogen-bond donors (Lipinski definition) is 1. The van der Waals surface area contributed by atoms with Crippen LogP contribution in [0.25, 0.3) is 0 Å². The molecule has 3 rings (SSSR count). The van der Waals surface area contributed by atoms with Crippen LogP contribution < -0.4 is 5.32 Å². The predicted octanol–water partition coefficient (Wildman–Crippen LogP) is 4.02. The van der Waals surface area contributed by atoms with Crippen LogP contribution in [0, 0.1) is 3.57 Å². The van der Waals surface area contributed by atoms with Crippen molar-refractivity contribution in [2.24, 2.45) is 0 Å². The molecular weight excluding hydrogens is 349 g/mol. The van der Waals surface area contributed by atoms with E-state index < -0.39 is 0 Å². The summed E-state index contributed by atoms with van der Waals surface area (Å²) >= 11 is 2.32. The van der Waals surface area contributed by atoms with Crippen molar-refractivity contribution in [3.63, 3.8) is 0 Å². The maximum Gasteiger partial charge on any atom is 0.0999 e. The van der Waals surface area contributed by atoms with Crippen molar-refractivity contribution in [1.29, 1.82) is 0 Å². The third-order valence-electron chi connectivity index (χ3n) is 3.43. The Kier molecular flexibility index (Phi) is 4.03. The van der Waals surface area contributed by atoms with Crippen LogP contribution in [0.5, 0.6) is 0 Å². The number of fused-ring (bicyclic) bond motifs is 1. The highest BCUT2D eigenvalue weighted by Crippen LogP contribution is 2.27. The molecule has 0 amide bonds. The van der Waals surface area contributed by atoms with Crippen LogP contribution in [0.2, 0.25) is 0 Å². The van der Waals surface area contributed by atoms with Gasteiger partial charge in [0.15, 0.2) is 0 Å². The summed E-state index contributed by atoms with van der Waals surface area (Å²) in [6.45, 7) is 1.63. The molecule has 1 N–H and O–H groups in total. The maximum absolute atomic E-state index is 5.89. The van der Waals surface area contributed by atoms with Crippen LogP contribution in [0.15, 0.2) is 48.5 Å². The van der Waals surface area contributed by atoms with Gasteiger partial charge in [0.1, 0.15) is 0 Å². The van der Waals surface area contributed by atoms with Gasteiger partial charge in [-0.05, 0) is 64.4 Å². The van der Waals surface area contributed by atoms with Crippen molar-refractivity contribution in [2.75, 3.05) is 18.5 Å². The van der Waals surface area contributed by atoms with Crippen LogP contribution in [0.3, 0.4) is 0 Å². The summed E-state index contributed by atoms with van der Waals surface area (Å²) in [5, 5.41) is 3.45. The van der Waals surface area contributed by atoms with Gasteiger partial charge in [-0.25, -0.2) is 0 Å². The minimum absolute atomic E-state index is 0.157. The Bertz CT molecular complexity index is 553. The van der Waals surface area contributed by atoms with E-state index in [1.54, 1.807) is 0 Å². The van der Waals surface area contributed by atoms with Gasteiger partial charge in [0.25, 0.3) is 0 Å². The molecule has 0 saturated carbocycles. The first kappa shape index (κ1) is 12.9. The highest BCUT2D eigenvalue weighted by Gasteiger charge is 2.19. The second-order valence-electron chi connectivity index (χ2n) is 4.70. The van der Waals surface area contributed by atoms with E-state index in [1.165, 1.54) is 14.7 Å². The number of rotatable bonds is 3. The van der Waals surface area contributed by atoms with Crippen molar-refractivity contribution in [3.05, 3.63) is 63.2 Å². The van der Waals surface area contributed by atoms with Gasteiger partial charge in [-0.1, -0.05) is 24.3 Å². The first-order chi connectivity index (χ1) is 9.33. The largest absolute Gasteiger partial charge is 0.382 e. The van der Waals surface area contributed by atoms with Gasteiger partial charge in [0.05, 0.1) is 12.7 Å². The summed E-state index contributed by atoms with van der Waals surface area (Å²) in [6.07, 6.45) is 1.18. The van der Waals surface area contributed by atoms with Crippen LogP contribution in [0.4, 0.5) is 5.69 Å². The molecule has 0 aromatic heterocycles. The fourth-order valence-electron chi connectivity index (χ4n) is 2.42. The van der Waals surface area contributed by atoms with Crippen LogP contribution in [-0.2, 0) is 11.2 Å². The molecule has 3 heteroatoms. The molecule has 2 nitrogen and oxygen atoms in total. The quantitative estimate of drug-likeness (QED) is 0.830. The van der Waals surface area contributed by atoms with E-state index in [1.807, 2.05) is 0 Å². The molecule has 1 aliphatic heterocycles. The summed E-state index contributed by atoms with van der Waals surface area (Å²) in [6, 6.07) is 17.0. The Morgan fingerprint density at radius 3 is 2.74 bits per heavy atom. The minimum Gasteiger partial charge on any atom is -0.382 e. The molecule has 1 atom stereocenters. The van der Waals surface area contributed by atoms with Gasteiger partial charge >= 0.3 is 0 Å². The Labute approximate surface area is 127 Å². The number of ether oxygens (including phenoxy) is 1. The molecule has 2 aromatic carbocycles. The Hall–Kier alpha value is -1.07. The Morgan fingerprint density at radius 1 is 1.11 bits per heavy atom. The molecule has 1 heterocycles. The lowest BCUT2D eigenvalue weighted by molar-refractivity contribution is 0.0513. The molecule has 0 bridgehead atoms. The maximum atomic E-state index is 5.89. The molecule has 19 heavy (non-hydrogen) atoms. The second kappa shape index (κ2) is 5.92. The van der Waals surface area contributed by atoms with Gasteiger partial charge in [-0.15, -0.1) is 0 Å². The zero-order chi connectivity index (χ0) is 13.1. The zero-order valence-corrected chi connectivity index (χ0v) is 12.8. The summed E-state index contributed by atoms with van der Waals surface area (Å²) in [5.41, 5.74) is 3.89. The van der Waals surface area contributed by atoms with E-state index in [-0.39, 0.29) is 6.10 Å². The summed E-state index contributed by atoms with van der Waals surface area (Å²) in [5.74, 6) is 0. The lowest BCUT2D eigenvalue weighted by Gasteiger charge is -2.26. The predicted molar refractivity (Wildman–Crippen MR) is 86.5 cm³/mol. The van der Waals surface area contributed by atoms with E-state index >= 15 is 0 Å². The molecule has 0 fully saturated rings. The van der Waals surface area contributed by atoms with Crippen molar-refractivity contribution < 1.29 is 4.74 Å². The summed E-state index contributed by atoms with van der Waals surface area (Å²) in [4.78, 5) is 0.